The van der Waals surface area contributed by atoms with Crippen LogP contribution in [0.25, 0.3) is 0 Å². The lowest BCUT2D eigenvalue weighted by molar-refractivity contribution is 0.0747. The van der Waals surface area contributed by atoms with Crippen LogP contribution in [0.2, 0.25) is 0 Å². The number of phenols is 2. The minimum atomic E-state index is -0.337. The van der Waals surface area contributed by atoms with Crippen LogP contribution in [0.1, 0.15) is 52.4 Å². The molecule has 0 radical (unpaired) electrons. The van der Waals surface area contributed by atoms with E-state index in [1.807, 2.05) is 13.8 Å². The van der Waals surface area contributed by atoms with Gasteiger partial charge >= 0.3 is 0 Å². The van der Waals surface area contributed by atoms with Crippen molar-refractivity contribution in [1.82, 2.24) is 14.7 Å². The molecule has 0 aliphatic carbocycles. The van der Waals surface area contributed by atoms with Crippen LogP contribution in [0.3, 0.4) is 0 Å². The third-order valence-electron chi connectivity index (χ3n) is 6.29. The van der Waals surface area contributed by atoms with E-state index in [1.54, 1.807) is 11.0 Å². The predicted molar refractivity (Wildman–Crippen MR) is 117 cm³/mol. The molecule has 0 aromatic heterocycles. The van der Waals surface area contributed by atoms with E-state index >= 15 is 0 Å². The Morgan fingerprint density at radius 2 is 1.70 bits per heavy atom. The number of rotatable bonds is 4. The zero-order valence-electron chi connectivity index (χ0n) is 18.1. The van der Waals surface area contributed by atoms with Gasteiger partial charge in [-0.05, 0) is 47.4 Å². The van der Waals surface area contributed by atoms with Gasteiger partial charge in [0.05, 0.1) is 5.56 Å². The standard InChI is InChI=1S/C24H31N3O3/c1-16(2)19-11-21(23(29)22(28)12-19)24(30)27-14-18-5-4-17(10-20(18)15-27)13-26-8-6-25(3)7-9-26/h4-5,10-12,16,28-29H,6-9,13-15H2,1-3H3. The number of likely N-dealkylation sites (N-methyl/N-ethyl adjacent to an activating group) is 1. The fourth-order valence-electron chi connectivity index (χ4n) is 4.26. The average Bonchev–Trinajstić information content (AvgIpc) is 3.14. The summed E-state index contributed by atoms with van der Waals surface area (Å²) in [6.45, 7) is 10.3. The van der Waals surface area contributed by atoms with Crippen molar-refractivity contribution in [2.75, 3.05) is 33.2 Å². The van der Waals surface area contributed by atoms with E-state index in [4.69, 9.17) is 0 Å². The number of piperazine rings is 1. The summed E-state index contributed by atoms with van der Waals surface area (Å²) < 4.78 is 0. The highest BCUT2D eigenvalue weighted by atomic mass is 16.3. The number of hydrogen-bond donors (Lipinski definition) is 2. The summed E-state index contributed by atoms with van der Waals surface area (Å²) in [4.78, 5) is 19.7. The molecule has 2 N–H and O–H groups in total. The lowest BCUT2D eigenvalue weighted by atomic mass is 9.99. The van der Waals surface area contributed by atoms with E-state index < -0.39 is 0 Å². The van der Waals surface area contributed by atoms with Crippen LogP contribution in [0.5, 0.6) is 11.5 Å². The second kappa shape index (κ2) is 8.28. The summed E-state index contributed by atoms with van der Waals surface area (Å²) in [7, 11) is 2.16. The van der Waals surface area contributed by atoms with Crippen molar-refractivity contribution in [2.24, 2.45) is 0 Å². The molecule has 0 saturated carbocycles. The molecule has 4 rings (SSSR count). The maximum absolute atomic E-state index is 13.1. The van der Waals surface area contributed by atoms with Gasteiger partial charge in [0.1, 0.15) is 0 Å². The second-order valence-corrected chi connectivity index (χ2v) is 8.93. The number of amides is 1. The van der Waals surface area contributed by atoms with Crippen LogP contribution >= 0.6 is 0 Å². The van der Waals surface area contributed by atoms with Crippen molar-refractivity contribution >= 4 is 5.91 Å². The highest BCUT2D eigenvalue weighted by Gasteiger charge is 2.28. The van der Waals surface area contributed by atoms with Crippen LogP contribution in [0, 0.1) is 0 Å². The summed E-state index contributed by atoms with van der Waals surface area (Å²) in [5.74, 6) is -0.676. The summed E-state index contributed by atoms with van der Waals surface area (Å²) in [5.41, 5.74) is 4.59. The number of nitrogens with zero attached hydrogens (tertiary/aromatic N) is 3. The Labute approximate surface area is 178 Å². The first-order valence-electron chi connectivity index (χ1n) is 10.7. The molecule has 1 fully saturated rings. The van der Waals surface area contributed by atoms with E-state index in [1.165, 1.54) is 17.2 Å². The number of phenolic OH excluding ortho intramolecular Hbond substituents is 2. The monoisotopic (exact) mass is 409 g/mol. The van der Waals surface area contributed by atoms with Crippen LogP contribution in [-0.2, 0) is 19.6 Å². The molecule has 0 unspecified atom stereocenters. The summed E-state index contributed by atoms with van der Waals surface area (Å²) in [5, 5.41) is 20.4. The lowest BCUT2D eigenvalue weighted by Crippen LogP contribution is -2.43. The molecule has 6 heteroatoms. The number of carbonyl (C=O) groups is 1. The minimum absolute atomic E-state index is 0.149. The van der Waals surface area contributed by atoms with Gasteiger partial charge in [-0.3, -0.25) is 9.69 Å². The van der Waals surface area contributed by atoms with Crippen molar-refractivity contribution in [3.63, 3.8) is 0 Å². The Kier molecular flexibility index (Phi) is 5.71. The lowest BCUT2D eigenvalue weighted by Gasteiger charge is -2.32. The molecule has 0 atom stereocenters. The highest BCUT2D eigenvalue weighted by Crippen LogP contribution is 2.35. The first-order valence-corrected chi connectivity index (χ1v) is 10.7. The van der Waals surface area contributed by atoms with E-state index in [2.05, 4.69) is 35.0 Å². The molecule has 1 saturated heterocycles. The van der Waals surface area contributed by atoms with E-state index in [-0.39, 0.29) is 28.9 Å². The third-order valence-corrected chi connectivity index (χ3v) is 6.29. The van der Waals surface area contributed by atoms with Crippen LogP contribution < -0.4 is 0 Å². The van der Waals surface area contributed by atoms with Gasteiger partial charge in [-0.25, -0.2) is 0 Å². The molecule has 2 aliphatic rings. The zero-order chi connectivity index (χ0) is 21.4. The van der Waals surface area contributed by atoms with Gasteiger partial charge in [-0.1, -0.05) is 32.0 Å². The van der Waals surface area contributed by atoms with Crippen molar-refractivity contribution in [3.8, 4) is 11.5 Å². The van der Waals surface area contributed by atoms with Gasteiger partial charge in [0.25, 0.3) is 5.91 Å². The summed E-state index contributed by atoms with van der Waals surface area (Å²) in [6, 6.07) is 9.72. The quantitative estimate of drug-likeness (QED) is 0.760. The van der Waals surface area contributed by atoms with Gasteiger partial charge in [-0.15, -0.1) is 0 Å². The molecule has 160 valence electrons. The number of fused-ring (bicyclic) bond motifs is 1. The van der Waals surface area contributed by atoms with Gasteiger partial charge in [0.15, 0.2) is 11.5 Å². The second-order valence-electron chi connectivity index (χ2n) is 8.93. The smallest absolute Gasteiger partial charge is 0.258 e. The van der Waals surface area contributed by atoms with E-state index in [9.17, 15) is 15.0 Å². The van der Waals surface area contributed by atoms with Crippen molar-refractivity contribution in [1.29, 1.82) is 0 Å². The Bertz CT molecular complexity index is 949. The van der Waals surface area contributed by atoms with Crippen LogP contribution in [-0.4, -0.2) is 64.0 Å². The third kappa shape index (κ3) is 4.16. The largest absolute Gasteiger partial charge is 0.504 e. The summed E-state index contributed by atoms with van der Waals surface area (Å²) >= 11 is 0. The Morgan fingerprint density at radius 1 is 1.00 bits per heavy atom. The maximum Gasteiger partial charge on any atom is 0.258 e. The predicted octanol–water partition coefficient (Wildman–Crippen LogP) is 3.12. The van der Waals surface area contributed by atoms with Gasteiger partial charge in [0, 0.05) is 45.8 Å². The topological polar surface area (TPSA) is 67.2 Å². The van der Waals surface area contributed by atoms with Crippen LogP contribution in [0.4, 0.5) is 0 Å². The Balaban J connectivity index is 1.49. The van der Waals surface area contributed by atoms with Gasteiger partial charge < -0.3 is 20.0 Å². The average molecular weight is 410 g/mol. The molecule has 6 nitrogen and oxygen atoms in total. The fraction of sp³-hybridized carbons (Fsp3) is 0.458. The number of carbonyl (C=O) groups excluding carboxylic acids is 1. The normalized spacial score (nSPS) is 17.5. The van der Waals surface area contributed by atoms with E-state index in [0.29, 0.717) is 13.1 Å². The first-order chi connectivity index (χ1) is 14.3. The molecule has 2 aromatic carbocycles. The zero-order valence-corrected chi connectivity index (χ0v) is 18.1. The Hall–Kier alpha value is -2.57. The molecule has 2 aliphatic heterocycles. The highest BCUT2D eigenvalue weighted by molar-refractivity contribution is 5.98. The Morgan fingerprint density at radius 3 is 2.40 bits per heavy atom. The number of aromatic hydroxyl groups is 2. The van der Waals surface area contributed by atoms with Crippen molar-refractivity contribution in [3.05, 3.63) is 58.1 Å². The SMILES string of the molecule is CC(C)c1cc(O)c(O)c(C(=O)N2Cc3ccc(CN4CCN(C)CC4)cc3C2)c1. The molecule has 2 heterocycles. The molecule has 30 heavy (non-hydrogen) atoms. The number of hydrogen-bond acceptors (Lipinski definition) is 5. The van der Waals surface area contributed by atoms with Crippen LogP contribution in [0.15, 0.2) is 30.3 Å². The van der Waals surface area contributed by atoms with E-state index in [0.717, 1.165) is 43.9 Å². The summed E-state index contributed by atoms with van der Waals surface area (Å²) in [6.07, 6.45) is 0. The fourth-order valence-corrected chi connectivity index (χ4v) is 4.26. The van der Waals surface area contributed by atoms with Crippen molar-refractivity contribution in [2.45, 2.75) is 39.4 Å². The molecule has 0 spiro atoms. The first kappa shape index (κ1) is 20.7. The molecule has 1 amide bonds. The maximum atomic E-state index is 13.1. The molecule has 2 aromatic rings. The molecular weight excluding hydrogens is 378 g/mol. The van der Waals surface area contributed by atoms with Crippen molar-refractivity contribution < 1.29 is 15.0 Å². The minimum Gasteiger partial charge on any atom is -0.504 e. The van der Waals surface area contributed by atoms with Gasteiger partial charge in [0.2, 0.25) is 0 Å². The number of benzene rings is 2. The molecular formula is C24H31N3O3. The molecule has 0 bridgehead atoms. The van der Waals surface area contributed by atoms with Gasteiger partial charge in [-0.2, -0.15) is 0 Å².